The molecule has 5 nitrogen and oxygen atoms in total. The van der Waals surface area contributed by atoms with E-state index in [4.69, 9.17) is 9.36 Å². The van der Waals surface area contributed by atoms with Crippen LogP contribution < -0.4 is 0 Å². The van der Waals surface area contributed by atoms with E-state index in [-0.39, 0.29) is 24.0 Å². The molecule has 1 aromatic rings. The molecular weight excluding hydrogens is 296 g/mol. The lowest BCUT2D eigenvalue weighted by atomic mass is 10.2. The maximum atomic E-state index is 13.8. The molecule has 0 aliphatic rings. The molecule has 0 radical (unpaired) electrons. The lowest BCUT2D eigenvalue weighted by Gasteiger charge is -2.22. The van der Waals surface area contributed by atoms with E-state index < -0.39 is 19.1 Å². The van der Waals surface area contributed by atoms with E-state index in [0.29, 0.717) is 0 Å². The van der Waals surface area contributed by atoms with E-state index in [9.17, 15) is 13.8 Å². The van der Waals surface area contributed by atoms with Gasteiger partial charge >= 0.3 is 7.60 Å². The fourth-order valence-electron chi connectivity index (χ4n) is 1.46. The Kier molecular flexibility index (Phi) is 6.37. The van der Waals surface area contributed by atoms with Crippen LogP contribution in [-0.4, -0.2) is 23.1 Å². The predicted molar refractivity (Wildman–Crippen MR) is 79.8 cm³/mol. The Hall–Kier alpha value is -1.39. The Morgan fingerprint density at radius 2 is 2.00 bits per heavy atom. The van der Waals surface area contributed by atoms with Crippen molar-refractivity contribution in [2.24, 2.45) is 11.1 Å². The van der Waals surface area contributed by atoms with E-state index in [0.717, 1.165) is 0 Å². The van der Waals surface area contributed by atoms with Gasteiger partial charge in [0.25, 0.3) is 5.90 Å². The lowest BCUT2D eigenvalue weighted by molar-refractivity contribution is 0.152. The van der Waals surface area contributed by atoms with Gasteiger partial charge in [-0.15, -0.1) is 0 Å². The van der Waals surface area contributed by atoms with Crippen LogP contribution in [0.4, 0.5) is 4.39 Å². The van der Waals surface area contributed by atoms with E-state index in [2.05, 4.69) is 5.16 Å². The van der Waals surface area contributed by atoms with Crippen LogP contribution in [0.25, 0.3) is 0 Å². The van der Waals surface area contributed by atoms with Gasteiger partial charge in [0, 0.05) is 0 Å². The third-order valence-electron chi connectivity index (χ3n) is 3.08. The Morgan fingerprint density at radius 1 is 1.38 bits per heavy atom. The van der Waals surface area contributed by atoms with Crippen molar-refractivity contribution in [3.63, 3.8) is 0 Å². The molecule has 0 saturated heterocycles. The van der Waals surface area contributed by atoms with Crippen molar-refractivity contribution < 1.29 is 23.2 Å². The molecule has 1 aromatic carbocycles. The summed E-state index contributed by atoms with van der Waals surface area (Å²) in [5, 5.41) is 3.62. The molecule has 2 atom stereocenters. The standard InChI is InChI=1S/C14H21FNO4P/c1-5-19-16-14(12-8-6-7-9-13(12)15)20-21(17,18)11(4)10(2)3/h6-11H,5H2,1-4H3,(H,17,18)/b16-14-/t11-/m0/s1. The average molecular weight is 317 g/mol. The highest BCUT2D eigenvalue weighted by molar-refractivity contribution is 7.54. The van der Waals surface area contributed by atoms with Gasteiger partial charge in [0.05, 0.1) is 11.2 Å². The number of oxime groups is 1. The van der Waals surface area contributed by atoms with Gasteiger partial charge in [0.1, 0.15) is 12.4 Å². The van der Waals surface area contributed by atoms with Crippen molar-refractivity contribution in [2.75, 3.05) is 6.61 Å². The van der Waals surface area contributed by atoms with Crippen molar-refractivity contribution >= 4 is 13.5 Å². The minimum Gasteiger partial charge on any atom is -0.402 e. The Labute approximate surface area is 124 Å². The third kappa shape index (κ3) is 4.83. The fraction of sp³-hybridized carbons (Fsp3) is 0.500. The topological polar surface area (TPSA) is 68.1 Å². The van der Waals surface area contributed by atoms with Crippen molar-refractivity contribution in [1.29, 1.82) is 0 Å². The van der Waals surface area contributed by atoms with Gasteiger partial charge in [-0.3, -0.25) is 0 Å². The highest BCUT2D eigenvalue weighted by atomic mass is 31.2. The number of hydrogen-bond acceptors (Lipinski definition) is 4. The minimum absolute atomic E-state index is 0.0174. The number of halogens is 1. The molecule has 0 heterocycles. The fourth-order valence-corrected chi connectivity index (χ4v) is 2.76. The molecule has 0 fully saturated rings. The van der Waals surface area contributed by atoms with E-state index in [1.54, 1.807) is 33.8 Å². The zero-order chi connectivity index (χ0) is 16.0. The van der Waals surface area contributed by atoms with E-state index >= 15 is 0 Å². The summed E-state index contributed by atoms with van der Waals surface area (Å²) in [7, 11) is -4.00. The maximum absolute atomic E-state index is 13.8. The zero-order valence-corrected chi connectivity index (χ0v) is 13.5. The zero-order valence-electron chi connectivity index (χ0n) is 12.6. The van der Waals surface area contributed by atoms with Gasteiger partial charge in [-0.25, -0.2) is 8.96 Å². The highest BCUT2D eigenvalue weighted by Gasteiger charge is 2.34. The van der Waals surface area contributed by atoms with Gasteiger partial charge < -0.3 is 14.3 Å². The number of benzene rings is 1. The SMILES string of the molecule is CCO/N=C(\OP(=O)(O)[C@@H](C)C(C)C)c1ccccc1F. The Morgan fingerprint density at radius 3 is 2.52 bits per heavy atom. The van der Waals surface area contributed by atoms with Crippen LogP contribution in [0.1, 0.15) is 33.3 Å². The molecule has 0 spiro atoms. The molecule has 1 rings (SSSR count). The molecular formula is C14H21FNO4P. The Bertz CT molecular complexity index is 548. The summed E-state index contributed by atoms with van der Waals surface area (Å²) in [6, 6.07) is 5.71. The van der Waals surface area contributed by atoms with Crippen LogP contribution in [0.2, 0.25) is 0 Å². The summed E-state index contributed by atoms with van der Waals surface area (Å²) < 4.78 is 31.2. The van der Waals surface area contributed by atoms with Gasteiger partial charge in [0.15, 0.2) is 0 Å². The Balaban J connectivity index is 3.12. The molecule has 0 saturated carbocycles. The summed E-state index contributed by atoms with van der Waals surface area (Å²) >= 11 is 0. The van der Waals surface area contributed by atoms with Crippen LogP contribution in [-0.2, 0) is 13.9 Å². The van der Waals surface area contributed by atoms with Crippen molar-refractivity contribution in [3.8, 4) is 0 Å². The minimum atomic E-state index is -4.00. The van der Waals surface area contributed by atoms with Gasteiger partial charge in [-0.2, -0.15) is 0 Å². The van der Waals surface area contributed by atoms with Crippen LogP contribution in [0.15, 0.2) is 29.4 Å². The summed E-state index contributed by atoms with van der Waals surface area (Å²) in [6.45, 7) is 7.14. The lowest BCUT2D eigenvalue weighted by Crippen LogP contribution is -2.17. The molecule has 0 amide bonds. The molecule has 1 N–H and O–H groups in total. The molecule has 0 bridgehead atoms. The second kappa shape index (κ2) is 7.57. The molecule has 7 heteroatoms. The van der Waals surface area contributed by atoms with Crippen LogP contribution in [0.3, 0.4) is 0 Å². The summed E-state index contributed by atoms with van der Waals surface area (Å²) in [5.74, 6) is -1.00. The number of rotatable bonds is 6. The molecule has 118 valence electrons. The van der Waals surface area contributed by atoms with Gasteiger partial charge in [-0.05, 0) is 37.1 Å². The third-order valence-corrected chi connectivity index (χ3v) is 5.14. The molecule has 21 heavy (non-hydrogen) atoms. The first-order chi connectivity index (χ1) is 9.79. The quantitative estimate of drug-likeness (QED) is 0.375. The van der Waals surface area contributed by atoms with Crippen LogP contribution in [0.5, 0.6) is 0 Å². The number of hydrogen-bond donors (Lipinski definition) is 1. The first kappa shape index (κ1) is 17.7. The predicted octanol–water partition coefficient (Wildman–Crippen LogP) is 3.77. The first-order valence-electron chi connectivity index (χ1n) is 6.76. The molecule has 0 aromatic heterocycles. The van der Waals surface area contributed by atoms with Crippen molar-refractivity contribution in [2.45, 2.75) is 33.4 Å². The monoisotopic (exact) mass is 317 g/mol. The average Bonchev–Trinajstić information content (AvgIpc) is 2.43. The molecule has 0 aliphatic carbocycles. The van der Waals surface area contributed by atoms with E-state index in [1.165, 1.54) is 18.2 Å². The highest BCUT2D eigenvalue weighted by Crippen LogP contribution is 2.51. The largest absolute Gasteiger partial charge is 0.402 e. The molecule has 1 unspecified atom stereocenters. The summed E-state index contributed by atoms with van der Waals surface area (Å²) in [5.41, 5.74) is -0.632. The smallest absolute Gasteiger partial charge is 0.381 e. The second-order valence-electron chi connectivity index (χ2n) is 4.93. The van der Waals surface area contributed by atoms with Crippen molar-refractivity contribution in [1.82, 2.24) is 0 Å². The molecule has 0 aliphatic heterocycles. The normalized spacial score (nSPS) is 16.4. The van der Waals surface area contributed by atoms with Crippen molar-refractivity contribution in [3.05, 3.63) is 35.6 Å². The van der Waals surface area contributed by atoms with Gasteiger partial charge in [0.2, 0.25) is 0 Å². The van der Waals surface area contributed by atoms with Crippen LogP contribution in [0, 0.1) is 11.7 Å². The second-order valence-corrected chi connectivity index (χ2v) is 7.06. The maximum Gasteiger partial charge on any atom is 0.381 e. The number of nitrogens with zero attached hydrogens (tertiary/aromatic N) is 1. The van der Waals surface area contributed by atoms with E-state index in [1.807, 2.05) is 0 Å². The van der Waals surface area contributed by atoms with Gasteiger partial charge in [-0.1, -0.05) is 26.0 Å². The van der Waals surface area contributed by atoms with Crippen LogP contribution >= 0.6 is 7.60 Å². The summed E-state index contributed by atoms with van der Waals surface area (Å²) in [4.78, 5) is 14.9. The first-order valence-corrected chi connectivity index (χ1v) is 8.41. The summed E-state index contributed by atoms with van der Waals surface area (Å²) in [6.07, 6.45) is 0.